The second-order valence-electron chi connectivity index (χ2n) is 2.30. The highest BCUT2D eigenvalue weighted by Crippen LogP contribution is 2.08. The largest absolute Gasteiger partial charge is 0.345 e. The molecule has 2 N–H and O–H groups in total. The van der Waals surface area contributed by atoms with Crippen LogP contribution in [0.3, 0.4) is 0 Å². The van der Waals surface area contributed by atoms with Gasteiger partial charge in [0.1, 0.15) is 10.0 Å². The van der Waals surface area contributed by atoms with E-state index in [2.05, 4.69) is 36.1 Å². The first-order valence-electron chi connectivity index (χ1n) is 3.61. The number of aromatic nitrogens is 6. The molecular weight excluding hydrogens is 190 g/mol. The first-order chi connectivity index (χ1) is 6.34. The van der Waals surface area contributed by atoms with E-state index in [0.29, 0.717) is 12.5 Å². The van der Waals surface area contributed by atoms with Gasteiger partial charge in [-0.2, -0.15) is 5.21 Å². The zero-order chi connectivity index (χ0) is 9.10. The summed E-state index contributed by atoms with van der Waals surface area (Å²) in [6, 6.07) is 0. The van der Waals surface area contributed by atoms with Crippen molar-refractivity contribution in [3.63, 3.8) is 0 Å². The van der Waals surface area contributed by atoms with Crippen LogP contribution < -0.4 is 5.32 Å². The van der Waals surface area contributed by atoms with Gasteiger partial charge in [-0.05, 0) is 12.1 Å². The Morgan fingerprint density at radius 1 is 1.38 bits per heavy atom. The average molecular weight is 197 g/mol. The number of hydrogen-bond donors (Lipinski definition) is 2. The van der Waals surface area contributed by atoms with E-state index in [1.54, 1.807) is 0 Å². The molecule has 2 rings (SSSR count). The van der Waals surface area contributed by atoms with E-state index in [0.717, 1.165) is 10.0 Å². The number of anilines is 1. The van der Waals surface area contributed by atoms with Gasteiger partial charge in [-0.1, -0.05) is 16.4 Å². The number of tetrazole rings is 1. The van der Waals surface area contributed by atoms with Crippen LogP contribution in [0.15, 0.2) is 0 Å². The highest BCUT2D eigenvalue weighted by molar-refractivity contribution is 7.11. The zero-order valence-corrected chi connectivity index (χ0v) is 7.67. The molecule has 0 atom stereocenters. The van der Waals surface area contributed by atoms with Crippen molar-refractivity contribution in [2.45, 2.75) is 13.5 Å². The van der Waals surface area contributed by atoms with Crippen molar-refractivity contribution in [2.75, 3.05) is 5.32 Å². The van der Waals surface area contributed by atoms with Crippen molar-refractivity contribution in [3.8, 4) is 0 Å². The maximum atomic E-state index is 3.94. The van der Waals surface area contributed by atoms with Crippen molar-refractivity contribution in [1.82, 2.24) is 30.8 Å². The van der Waals surface area contributed by atoms with Crippen LogP contribution in [0.1, 0.15) is 10.0 Å². The second-order valence-corrected chi connectivity index (χ2v) is 3.57. The van der Waals surface area contributed by atoms with Gasteiger partial charge < -0.3 is 5.32 Å². The van der Waals surface area contributed by atoms with Gasteiger partial charge in [-0.15, -0.1) is 15.3 Å². The normalized spacial score (nSPS) is 10.2. The molecule has 2 aromatic heterocycles. The molecule has 13 heavy (non-hydrogen) atoms. The number of aryl methyl sites for hydroxylation is 1. The molecule has 0 spiro atoms. The molecule has 0 amide bonds. The van der Waals surface area contributed by atoms with Crippen molar-refractivity contribution in [3.05, 3.63) is 10.0 Å². The molecule has 0 bridgehead atoms. The van der Waals surface area contributed by atoms with Crippen LogP contribution >= 0.6 is 11.3 Å². The maximum Gasteiger partial charge on any atom is 0.263 e. The van der Waals surface area contributed by atoms with Crippen LogP contribution in [0.25, 0.3) is 0 Å². The molecule has 2 aromatic rings. The predicted molar refractivity (Wildman–Crippen MR) is 46.2 cm³/mol. The Bertz CT molecular complexity index is 366. The Labute approximate surface area is 77.6 Å². The van der Waals surface area contributed by atoms with Crippen molar-refractivity contribution in [1.29, 1.82) is 0 Å². The van der Waals surface area contributed by atoms with E-state index >= 15 is 0 Å². The summed E-state index contributed by atoms with van der Waals surface area (Å²) in [6.45, 7) is 2.49. The van der Waals surface area contributed by atoms with Gasteiger partial charge >= 0.3 is 0 Å². The summed E-state index contributed by atoms with van der Waals surface area (Å²) in [5.41, 5.74) is 0. The molecule has 0 saturated heterocycles. The highest BCUT2D eigenvalue weighted by atomic mass is 32.1. The third kappa shape index (κ3) is 1.96. The Morgan fingerprint density at radius 3 is 2.92 bits per heavy atom. The monoisotopic (exact) mass is 197 g/mol. The summed E-state index contributed by atoms with van der Waals surface area (Å²) in [7, 11) is 0. The quantitative estimate of drug-likeness (QED) is 0.718. The highest BCUT2D eigenvalue weighted by Gasteiger charge is 2.01. The lowest BCUT2D eigenvalue weighted by Gasteiger charge is -1.93. The SMILES string of the molecule is Cc1nnc(CNc2nn[nH]n2)s1. The van der Waals surface area contributed by atoms with Crippen LogP contribution in [-0.4, -0.2) is 30.8 Å². The number of hydrogen-bond acceptors (Lipinski definition) is 7. The molecule has 8 heteroatoms. The molecule has 0 aliphatic rings. The molecule has 0 aliphatic carbocycles. The number of nitrogens with one attached hydrogen (secondary N) is 2. The van der Waals surface area contributed by atoms with E-state index in [-0.39, 0.29) is 0 Å². The molecule has 0 saturated carbocycles. The number of rotatable bonds is 3. The van der Waals surface area contributed by atoms with Crippen molar-refractivity contribution < 1.29 is 0 Å². The first-order valence-corrected chi connectivity index (χ1v) is 4.42. The van der Waals surface area contributed by atoms with E-state index < -0.39 is 0 Å². The summed E-state index contributed by atoms with van der Waals surface area (Å²) in [5, 5.41) is 25.8. The average Bonchev–Trinajstić information content (AvgIpc) is 2.71. The molecule has 0 aliphatic heterocycles. The molecule has 0 unspecified atom stereocenters. The van der Waals surface area contributed by atoms with E-state index in [4.69, 9.17) is 0 Å². The fourth-order valence-electron chi connectivity index (χ4n) is 0.800. The molecule has 68 valence electrons. The van der Waals surface area contributed by atoms with Crippen LogP contribution in [0, 0.1) is 6.92 Å². The fourth-order valence-corrected chi connectivity index (χ4v) is 1.45. The standard InChI is InChI=1S/C5H7N7S/c1-3-7-8-4(13-3)2-6-5-9-11-12-10-5/h2H2,1H3,(H2,6,9,10,11,12). The van der Waals surface area contributed by atoms with Gasteiger partial charge in [0.25, 0.3) is 5.95 Å². The van der Waals surface area contributed by atoms with E-state index in [1.807, 2.05) is 6.92 Å². The van der Waals surface area contributed by atoms with Crippen LogP contribution in [-0.2, 0) is 6.54 Å². The second kappa shape index (κ2) is 3.44. The van der Waals surface area contributed by atoms with Crippen LogP contribution in [0.5, 0.6) is 0 Å². The third-order valence-electron chi connectivity index (χ3n) is 1.31. The zero-order valence-electron chi connectivity index (χ0n) is 6.85. The summed E-state index contributed by atoms with van der Waals surface area (Å²) in [5.74, 6) is 0.466. The van der Waals surface area contributed by atoms with Gasteiger partial charge in [0.15, 0.2) is 0 Å². The lowest BCUT2D eigenvalue weighted by atomic mass is 10.7. The molecular formula is C5H7N7S. The predicted octanol–water partition coefficient (Wildman–Crippen LogP) is -0.0283. The van der Waals surface area contributed by atoms with Crippen molar-refractivity contribution >= 4 is 17.3 Å². The Hall–Kier alpha value is -1.57. The minimum absolute atomic E-state index is 0.466. The summed E-state index contributed by atoms with van der Waals surface area (Å²) >= 11 is 1.54. The van der Waals surface area contributed by atoms with Crippen molar-refractivity contribution in [2.24, 2.45) is 0 Å². The number of H-pyrrole nitrogens is 1. The smallest absolute Gasteiger partial charge is 0.263 e. The minimum atomic E-state index is 0.466. The third-order valence-corrected chi connectivity index (χ3v) is 2.15. The minimum Gasteiger partial charge on any atom is -0.345 e. The molecule has 0 fully saturated rings. The lowest BCUT2D eigenvalue weighted by Crippen LogP contribution is -2.00. The Morgan fingerprint density at radius 2 is 2.31 bits per heavy atom. The number of aromatic amines is 1. The van der Waals surface area contributed by atoms with Gasteiger partial charge in [0.05, 0.1) is 6.54 Å². The summed E-state index contributed by atoms with van der Waals surface area (Å²) < 4.78 is 0. The van der Waals surface area contributed by atoms with Gasteiger partial charge in [-0.3, -0.25) is 0 Å². The van der Waals surface area contributed by atoms with E-state index in [9.17, 15) is 0 Å². The topological polar surface area (TPSA) is 92.3 Å². The Balaban J connectivity index is 1.93. The summed E-state index contributed by atoms with van der Waals surface area (Å²) in [4.78, 5) is 0. The molecule has 2 heterocycles. The Kier molecular flexibility index (Phi) is 2.13. The maximum absolute atomic E-state index is 3.94. The fraction of sp³-hybridized carbons (Fsp3) is 0.400. The van der Waals surface area contributed by atoms with Gasteiger partial charge in [0, 0.05) is 0 Å². The molecule has 0 aromatic carbocycles. The first kappa shape index (κ1) is 8.05. The molecule has 7 nitrogen and oxygen atoms in total. The van der Waals surface area contributed by atoms with Gasteiger partial charge in [-0.25, -0.2) is 0 Å². The van der Waals surface area contributed by atoms with E-state index in [1.165, 1.54) is 11.3 Å². The lowest BCUT2D eigenvalue weighted by molar-refractivity contribution is 0.881. The van der Waals surface area contributed by atoms with Crippen LogP contribution in [0.2, 0.25) is 0 Å². The summed E-state index contributed by atoms with van der Waals surface area (Å²) in [6.07, 6.45) is 0. The molecule has 0 radical (unpaired) electrons. The van der Waals surface area contributed by atoms with Crippen LogP contribution in [0.4, 0.5) is 5.95 Å². The van der Waals surface area contributed by atoms with Gasteiger partial charge in [0.2, 0.25) is 0 Å². The number of nitrogens with zero attached hydrogens (tertiary/aromatic N) is 5.